The number of rotatable bonds is 6. The van der Waals surface area contributed by atoms with Crippen molar-refractivity contribution in [2.75, 3.05) is 25.6 Å². The first-order chi connectivity index (χ1) is 18.1. The van der Waals surface area contributed by atoms with Crippen molar-refractivity contribution in [3.8, 4) is 17.3 Å². The zero-order valence-corrected chi connectivity index (χ0v) is 21.6. The number of nitrogens with one attached hydrogen (secondary N) is 2. The Hall–Kier alpha value is -4.02. The van der Waals surface area contributed by atoms with Gasteiger partial charge in [-0.15, -0.1) is 12.4 Å². The largest absolute Gasteiger partial charge is 0.481 e. The second kappa shape index (κ2) is 10.8. The van der Waals surface area contributed by atoms with Crippen LogP contribution in [0, 0.1) is 0 Å². The minimum absolute atomic E-state index is 0. The van der Waals surface area contributed by atoms with Crippen LogP contribution in [-0.4, -0.2) is 45.7 Å². The van der Waals surface area contributed by atoms with E-state index in [2.05, 4.69) is 37.7 Å². The molecule has 1 atom stereocenters. The molecule has 11 heteroatoms. The molecule has 0 radical (unpaired) electrons. The molecule has 0 saturated heterocycles. The molecule has 1 aliphatic heterocycles. The Morgan fingerprint density at radius 2 is 2.05 bits per heavy atom. The zero-order chi connectivity index (χ0) is 25.4. The van der Waals surface area contributed by atoms with E-state index in [9.17, 15) is 9.59 Å². The van der Waals surface area contributed by atoms with Crippen LogP contribution in [0.2, 0.25) is 0 Å². The first-order valence-electron chi connectivity index (χ1n) is 12.3. The monoisotopic (exact) mass is 534 g/mol. The highest BCUT2D eigenvalue weighted by atomic mass is 35.5. The lowest BCUT2D eigenvalue weighted by Gasteiger charge is -2.26. The van der Waals surface area contributed by atoms with Gasteiger partial charge >= 0.3 is 0 Å². The quantitative estimate of drug-likeness (QED) is 0.387. The lowest BCUT2D eigenvalue weighted by molar-refractivity contribution is -0.118. The number of aromatic nitrogens is 4. The molecule has 2 aliphatic rings. The van der Waals surface area contributed by atoms with Crippen molar-refractivity contribution >= 4 is 35.3 Å². The van der Waals surface area contributed by atoms with Gasteiger partial charge in [0.2, 0.25) is 5.88 Å². The molecule has 4 aromatic rings. The maximum Gasteiger partial charge on any atom is 0.275 e. The SMILES string of the molecule is COc1ccc2ncc(=O)n(-c3ccc4c(c3)CCCC4CNCc3ccc4c(n3)NC(=O)CO4)c2n1.Cl. The smallest absolute Gasteiger partial charge is 0.275 e. The number of hydrogen-bond acceptors (Lipinski definition) is 8. The Balaban J connectivity index is 0.00000294. The normalized spacial score (nSPS) is 16.0. The summed E-state index contributed by atoms with van der Waals surface area (Å²) in [5.41, 5.74) is 5.00. The van der Waals surface area contributed by atoms with Crippen LogP contribution in [0.25, 0.3) is 16.9 Å². The lowest BCUT2D eigenvalue weighted by atomic mass is 9.82. The summed E-state index contributed by atoms with van der Waals surface area (Å²) in [6.07, 6.45) is 4.44. The molecule has 0 saturated carbocycles. The predicted molar refractivity (Wildman–Crippen MR) is 145 cm³/mol. The molecule has 0 spiro atoms. The van der Waals surface area contributed by atoms with Gasteiger partial charge in [0.1, 0.15) is 5.52 Å². The van der Waals surface area contributed by atoms with Gasteiger partial charge < -0.3 is 20.1 Å². The molecule has 0 fully saturated rings. The third-order valence-electron chi connectivity index (χ3n) is 6.84. The number of nitrogens with zero attached hydrogens (tertiary/aromatic N) is 4. The van der Waals surface area contributed by atoms with Gasteiger partial charge in [-0.25, -0.2) is 9.97 Å². The number of fused-ring (bicyclic) bond motifs is 3. The van der Waals surface area contributed by atoms with Crippen molar-refractivity contribution in [2.45, 2.75) is 31.7 Å². The molecule has 196 valence electrons. The summed E-state index contributed by atoms with van der Waals surface area (Å²) in [4.78, 5) is 37.6. The number of anilines is 1. The molecule has 6 rings (SSSR count). The molecule has 2 N–H and O–H groups in total. The van der Waals surface area contributed by atoms with Gasteiger partial charge in [0.15, 0.2) is 23.8 Å². The molecule has 1 aliphatic carbocycles. The standard InChI is InChI=1S/C27H26N6O4.ClH/c1-36-24-10-8-21-27(32-24)33(25(35)14-29-21)19-6-7-20-16(11-19)3-2-4-17(20)12-28-13-18-5-9-22-26(30-18)31-23(34)15-37-22;/h5-11,14,17,28H,2-4,12-13,15H2,1H3,(H,30,31,34);1H. The van der Waals surface area contributed by atoms with Crippen LogP contribution >= 0.6 is 12.4 Å². The fourth-order valence-corrected chi connectivity index (χ4v) is 5.07. The van der Waals surface area contributed by atoms with Crippen molar-refractivity contribution in [2.24, 2.45) is 0 Å². The molecule has 3 aromatic heterocycles. The summed E-state index contributed by atoms with van der Waals surface area (Å²) >= 11 is 0. The molecule has 1 aromatic carbocycles. The molecule has 1 amide bonds. The fraction of sp³-hybridized carbons (Fsp3) is 0.296. The summed E-state index contributed by atoms with van der Waals surface area (Å²) in [6.45, 7) is 1.40. The van der Waals surface area contributed by atoms with Gasteiger partial charge in [-0.1, -0.05) is 6.07 Å². The number of carbonyl (C=O) groups is 1. The third kappa shape index (κ3) is 4.92. The van der Waals surface area contributed by atoms with Crippen LogP contribution in [0.5, 0.6) is 11.6 Å². The summed E-state index contributed by atoms with van der Waals surface area (Å²) in [5, 5.41) is 6.27. The average molecular weight is 535 g/mol. The topological polar surface area (TPSA) is 120 Å². The van der Waals surface area contributed by atoms with Crippen molar-refractivity contribution in [3.63, 3.8) is 0 Å². The van der Waals surface area contributed by atoms with Crippen molar-refractivity contribution in [3.05, 3.63) is 75.8 Å². The Labute approximate surface area is 224 Å². The van der Waals surface area contributed by atoms with E-state index in [-0.39, 0.29) is 30.5 Å². The number of aryl methyl sites for hydroxylation is 1. The molecule has 0 bridgehead atoms. The zero-order valence-electron chi connectivity index (χ0n) is 20.8. The Morgan fingerprint density at radius 3 is 2.92 bits per heavy atom. The first-order valence-corrected chi connectivity index (χ1v) is 12.3. The van der Waals surface area contributed by atoms with Crippen LogP contribution < -0.4 is 25.7 Å². The van der Waals surface area contributed by atoms with Gasteiger partial charge in [0.05, 0.1) is 24.7 Å². The van der Waals surface area contributed by atoms with E-state index in [1.54, 1.807) is 23.8 Å². The molecular weight excluding hydrogens is 508 g/mol. The molecule has 1 unspecified atom stereocenters. The van der Waals surface area contributed by atoms with Crippen LogP contribution in [-0.2, 0) is 17.8 Å². The number of halogens is 1. The highest BCUT2D eigenvalue weighted by Crippen LogP contribution is 2.33. The van der Waals surface area contributed by atoms with Crippen LogP contribution in [0.3, 0.4) is 0 Å². The fourth-order valence-electron chi connectivity index (χ4n) is 5.07. The summed E-state index contributed by atoms with van der Waals surface area (Å²) < 4.78 is 12.2. The number of hydrogen-bond donors (Lipinski definition) is 2. The molecule has 10 nitrogen and oxygen atoms in total. The maximum absolute atomic E-state index is 12.8. The summed E-state index contributed by atoms with van der Waals surface area (Å²) in [7, 11) is 1.55. The second-order valence-electron chi connectivity index (χ2n) is 9.22. The van der Waals surface area contributed by atoms with Gasteiger partial charge in [-0.05, 0) is 66.6 Å². The van der Waals surface area contributed by atoms with E-state index < -0.39 is 0 Å². The van der Waals surface area contributed by atoms with E-state index in [0.717, 1.165) is 37.2 Å². The van der Waals surface area contributed by atoms with E-state index in [1.165, 1.54) is 17.3 Å². The minimum atomic E-state index is -0.235. The summed E-state index contributed by atoms with van der Waals surface area (Å²) in [5.74, 6) is 1.65. The van der Waals surface area contributed by atoms with E-state index in [4.69, 9.17) is 9.47 Å². The number of benzene rings is 1. The minimum Gasteiger partial charge on any atom is -0.481 e. The van der Waals surface area contributed by atoms with Gasteiger partial charge in [-0.3, -0.25) is 14.2 Å². The number of pyridine rings is 2. The van der Waals surface area contributed by atoms with Crippen molar-refractivity contribution < 1.29 is 14.3 Å². The predicted octanol–water partition coefficient (Wildman–Crippen LogP) is 3.15. The Morgan fingerprint density at radius 1 is 1.16 bits per heavy atom. The van der Waals surface area contributed by atoms with Crippen LogP contribution in [0.1, 0.15) is 35.6 Å². The van der Waals surface area contributed by atoms with E-state index in [1.807, 2.05) is 18.2 Å². The summed E-state index contributed by atoms with van der Waals surface area (Å²) in [6, 6.07) is 13.5. The van der Waals surface area contributed by atoms with Gasteiger partial charge in [0.25, 0.3) is 11.5 Å². The highest BCUT2D eigenvalue weighted by Gasteiger charge is 2.22. The van der Waals surface area contributed by atoms with Crippen LogP contribution in [0.4, 0.5) is 5.82 Å². The van der Waals surface area contributed by atoms with Crippen LogP contribution in [0.15, 0.2) is 53.5 Å². The van der Waals surface area contributed by atoms with E-state index in [0.29, 0.717) is 41.1 Å². The van der Waals surface area contributed by atoms with E-state index >= 15 is 0 Å². The van der Waals surface area contributed by atoms with Gasteiger partial charge in [-0.2, -0.15) is 4.98 Å². The maximum atomic E-state index is 12.8. The number of methoxy groups -OCH3 is 1. The lowest BCUT2D eigenvalue weighted by Crippen LogP contribution is -2.27. The average Bonchev–Trinajstić information content (AvgIpc) is 2.92. The Kier molecular flexibility index (Phi) is 7.26. The first kappa shape index (κ1) is 25.6. The van der Waals surface area contributed by atoms with Crippen molar-refractivity contribution in [1.29, 1.82) is 0 Å². The number of carbonyl (C=O) groups excluding carboxylic acids is 1. The molecular formula is C27H27ClN6O4. The number of amides is 1. The third-order valence-corrected chi connectivity index (χ3v) is 6.84. The molecule has 38 heavy (non-hydrogen) atoms. The van der Waals surface area contributed by atoms with Crippen molar-refractivity contribution in [1.82, 2.24) is 24.8 Å². The number of ether oxygens (including phenoxy) is 2. The Bertz CT molecular complexity index is 1570. The molecule has 4 heterocycles. The van der Waals surface area contributed by atoms with Gasteiger partial charge in [0, 0.05) is 19.2 Å². The second-order valence-corrected chi connectivity index (χ2v) is 9.22. The highest BCUT2D eigenvalue weighted by molar-refractivity contribution is 5.94.